The number of hydrogen-bond donors (Lipinski definition) is 2. The van der Waals surface area contributed by atoms with Gasteiger partial charge in [0.25, 0.3) is 5.91 Å². The maximum absolute atomic E-state index is 12.5. The molecule has 0 aliphatic rings. The summed E-state index contributed by atoms with van der Waals surface area (Å²) in [5.41, 5.74) is 3.41. The van der Waals surface area contributed by atoms with Crippen molar-refractivity contribution in [1.82, 2.24) is 10.3 Å². The summed E-state index contributed by atoms with van der Waals surface area (Å²) in [6.45, 7) is 0.176. The lowest BCUT2D eigenvalue weighted by Crippen LogP contribution is -2.33. The van der Waals surface area contributed by atoms with Crippen molar-refractivity contribution in [2.75, 3.05) is 13.2 Å². The number of hydrogen-bond acceptors (Lipinski definition) is 3. The van der Waals surface area contributed by atoms with Crippen molar-refractivity contribution in [3.8, 4) is 11.8 Å². The highest BCUT2D eigenvalue weighted by molar-refractivity contribution is 6.31. The molecule has 0 aliphatic carbocycles. The Kier molecular flexibility index (Phi) is 6.21. The third-order valence-corrected chi connectivity index (χ3v) is 5.49. The zero-order chi connectivity index (χ0) is 21.6. The van der Waals surface area contributed by atoms with Crippen LogP contribution < -0.4 is 10.1 Å². The van der Waals surface area contributed by atoms with E-state index in [0.29, 0.717) is 22.9 Å². The van der Waals surface area contributed by atoms with Crippen LogP contribution in [0.2, 0.25) is 5.02 Å². The maximum atomic E-state index is 12.5. The summed E-state index contributed by atoms with van der Waals surface area (Å²) in [6.07, 6.45) is 1.96. The number of H-pyrrole nitrogens is 1. The van der Waals surface area contributed by atoms with Crippen LogP contribution in [0.3, 0.4) is 0 Å². The molecule has 4 rings (SSSR count). The zero-order valence-electron chi connectivity index (χ0n) is 16.6. The number of carbonyl (C=O) groups excluding carboxylic acids is 1. The van der Waals surface area contributed by atoms with Crippen LogP contribution in [0.15, 0.2) is 79.0 Å². The minimum absolute atomic E-state index is 0.139. The standard InChI is InChI=1S/C25H20ClN3O2/c26-22-10-4-2-8-18(22)20(21-14-28-23-11-5-3-9-19(21)23)15-29-25(30)16-31-24-12-6-1-7-17(24)13-27/h1-12,14,20,28H,15-16H2,(H,29,30). The highest BCUT2D eigenvalue weighted by Crippen LogP contribution is 2.34. The Balaban J connectivity index is 1.53. The number of ether oxygens (including phenoxy) is 1. The average molecular weight is 430 g/mol. The Morgan fingerprint density at radius 1 is 1.03 bits per heavy atom. The number of halogens is 1. The number of nitrogens with zero attached hydrogens (tertiary/aromatic N) is 1. The summed E-state index contributed by atoms with van der Waals surface area (Å²) >= 11 is 6.50. The van der Waals surface area contributed by atoms with E-state index in [2.05, 4.69) is 22.4 Å². The Morgan fingerprint density at radius 2 is 1.77 bits per heavy atom. The van der Waals surface area contributed by atoms with Gasteiger partial charge in [-0.3, -0.25) is 4.79 Å². The van der Waals surface area contributed by atoms with Crippen molar-refractivity contribution < 1.29 is 9.53 Å². The van der Waals surface area contributed by atoms with Crippen LogP contribution in [0.4, 0.5) is 0 Å². The van der Waals surface area contributed by atoms with Crippen LogP contribution in [0.25, 0.3) is 10.9 Å². The fraction of sp³-hybridized carbons (Fsp3) is 0.120. The Morgan fingerprint density at radius 3 is 2.61 bits per heavy atom. The molecule has 154 valence electrons. The molecule has 5 nitrogen and oxygen atoms in total. The molecule has 0 aliphatic heterocycles. The van der Waals surface area contributed by atoms with Crippen molar-refractivity contribution in [3.05, 3.63) is 101 Å². The van der Waals surface area contributed by atoms with Crippen LogP contribution in [-0.2, 0) is 4.79 Å². The molecule has 4 aromatic rings. The largest absolute Gasteiger partial charge is 0.482 e. The molecule has 3 aromatic carbocycles. The summed E-state index contributed by atoms with van der Waals surface area (Å²) in [5.74, 6) is -0.0238. The summed E-state index contributed by atoms with van der Waals surface area (Å²) < 4.78 is 5.55. The molecule has 1 heterocycles. The minimum atomic E-state index is -0.273. The van der Waals surface area contributed by atoms with Crippen LogP contribution >= 0.6 is 11.6 Å². The first-order chi connectivity index (χ1) is 15.2. The van der Waals surface area contributed by atoms with Gasteiger partial charge in [0.2, 0.25) is 0 Å². The second-order valence-corrected chi connectivity index (χ2v) is 7.47. The van der Waals surface area contributed by atoms with Crippen molar-refractivity contribution >= 4 is 28.4 Å². The van der Waals surface area contributed by atoms with Gasteiger partial charge in [-0.2, -0.15) is 5.26 Å². The second-order valence-electron chi connectivity index (χ2n) is 7.06. The Hall–Kier alpha value is -3.75. The van der Waals surface area contributed by atoms with Gasteiger partial charge in [0.05, 0.1) is 5.56 Å². The second kappa shape index (κ2) is 9.38. The summed E-state index contributed by atoms with van der Waals surface area (Å²) in [5, 5.41) is 13.8. The van der Waals surface area contributed by atoms with E-state index in [1.807, 2.05) is 48.7 Å². The van der Waals surface area contributed by atoms with Crippen LogP contribution in [0, 0.1) is 11.3 Å². The van der Waals surface area contributed by atoms with Gasteiger partial charge in [0.15, 0.2) is 6.61 Å². The molecule has 1 atom stereocenters. The van der Waals surface area contributed by atoms with Gasteiger partial charge in [0.1, 0.15) is 11.8 Å². The van der Waals surface area contributed by atoms with Crippen LogP contribution in [0.1, 0.15) is 22.6 Å². The number of nitrogens with one attached hydrogen (secondary N) is 2. The summed E-state index contributed by atoms with van der Waals surface area (Å²) in [6, 6.07) is 24.6. The number of aromatic nitrogens is 1. The van der Waals surface area contributed by atoms with Gasteiger partial charge in [-0.05, 0) is 35.4 Å². The third-order valence-electron chi connectivity index (χ3n) is 5.15. The van der Waals surface area contributed by atoms with E-state index >= 15 is 0 Å². The molecule has 1 unspecified atom stereocenters. The predicted molar refractivity (Wildman–Crippen MR) is 121 cm³/mol. The third kappa shape index (κ3) is 4.55. The highest BCUT2D eigenvalue weighted by atomic mass is 35.5. The molecular weight excluding hydrogens is 410 g/mol. The smallest absolute Gasteiger partial charge is 0.257 e. The quantitative estimate of drug-likeness (QED) is 0.433. The monoisotopic (exact) mass is 429 g/mol. The number of aromatic amines is 1. The van der Waals surface area contributed by atoms with Crippen molar-refractivity contribution in [2.45, 2.75) is 5.92 Å². The number of para-hydroxylation sites is 2. The Bertz CT molecular complexity index is 1260. The molecule has 1 amide bonds. The lowest BCUT2D eigenvalue weighted by Gasteiger charge is -2.19. The first kappa shape index (κ1) is 20.5. The molecule has 0 fully saturated rings. The van der Waals surface area contributed by atoms with Gasteiger partial charge < -0.3 is 15.0 Å². The van der Waals surface area contributed by atoms with E-state index in [0.717, 1.165) is 22.0 Å². The number of nitriles is 1. The molecule has 0 saturated heterocycles. The number of fused-ring (bicyclic) bond motifs is 1. The minimum Gasteiger partial charge on any atom is -0.482 e. The lowest BCUT2D eigenvalue weighted by molar-refractivity contribution is -0.123. The topological polar surface area (TPSA) is 77.9 Å². The average Bonchev–Trinajstić information content (AvgIpc) is 3.23. The van der Waals surface area contributed by atoms with Crippen LogP contribution in [-0.4, -0.2) is 24.0 Å². The maximum Gasteiger partial charge on any atom is 0.257 e. The van der Waals surface area contributed by atoms with Gasteiger partial charge in [-0.1, -0.05) is 60.1 Å². The molecule has 0 spiro atoms. The number of amides is 1. The van der Waals surface area contributed by atoms with E-state index in [1.165, 1.54) is 0 Å². The van der Waals surface area contributed by atoms with E-state index in [1.54, 1.807) is 24.3 Å². The van der Waals surface area contributed by atoms with Crippen molar-refractivity contribution in [1.29, 1.82) is 5.26 Å². The first-order valence-corrected chi connectivity index (χ1v) is 10.2. The number of benzene rings is 3. The molecule has 31 heavy (non-hydrogen) atoms. The molecule has 2 N–H and O–H groups in total. The lowest BCUT2D eigenvalue weighted by atomic mass is 9.91. The van der Waals surface area contributed by atoms with Crippen LogP contribution in [0.5, 0.6) is 5.75 Å². The van der Waals surface area contributed by atoms with Gasteiger partial charge in [-0.15, -0.1) is 0 Å². The normalized spacial score (nSPS) is 11.6. The van der Waals surface area contributed by atoms with E-state index in [4.69, 9.17) is 21.6 Å². The number of rotatable bonds is 7. The molecule has 0 bridgehead atoms. The summed E-state index contributed by atoms with van der Waals surface area (Å²) in [7, 11) is 0. The zero-order valence-corrected chi connectivity index (χ0v) is 17.4. The Labute approximate surface area is 185 Å². The van der Waals surface area contributed by atoms with E-state index in [9.17, 15) is 4.79 Å². The van der Waals surface area contributed by atoms with Crippen molar-refractivity contribution in [3.63, 3.8) is 0 Å². The first-order valence-electron chi connectivity index (χ1n) is 9.86. The predicted octanol–water partition coefficient (Wildman–Crippen LogP) is 5.02. The molecule has 0 saturated carbocycles. The van der Waals surface area contributed by atoms with Gasteiger partial charge in [-0.25, -0.2) is 0 Å². The summed E-state index contributed by atoms with van der Waals surface area (Å²) in [4.78, 5) is 15.8. The molecular formula is C25H20ClN3O2. The fourth-order valence-electron chi connectivity index (χ4n) is 3.62. The van der Waals surface area contributed by atoms with E-state index < -0.39 is 0 Å². The molecule has 6 heteroatoms. The SMILES string of the molecule is N#Cc1ccccc1OCC(=O)NCC(c1ccccc1Cl)c1c[nH]c2ccccc12. The van der Waals surface area contributed by atoms with E-state index in [-0.39, 0.29) is 18.4 Å². The molecule has 1 aromatic heterocycles. The van der Waals surface area contributed by atoms with Gasteiger partial charge >= 0.3 is 0 Å². The fourth-order valence-corrected chi connectivity index (χ4v) is 3.89. The molecule has 0 radical (unpaired) electrons. The van der Waals surface area contributed by atoms with Crippen molar-refractivity contribution in [2.24, 2.45) is 0 Å². The highest BCUT2D eigenvalue weighted by Gasteiger charge is 2.21. The van der Waals surface area contributed by atoms with Gasteiger partial charge in [0, 0.05) is 34.6 Å². The number of carbonyl (C=O) groups is 1.